The third-order valence-electron chi connectivity index (χ3n) is 5.71. The van der Waals surface area contributed by atoms with Crippen LogP contribution in [0.25, 0.3) is 0 Å². The van der Waals surface area contributed by atoms with Crippen LogP contribution in [0, 0.1) is 5.92 Å². The first-order valence-electron chi connectivity index (χ1n) is 11.3. The van der Waals surface area contributed by atoms with Gasteiger partial charge in [-0.2, -0.15) is 0 Å². The van der Waals surface area contributed by atoms with Crippen molar-refractivity contribution in [2.75, 3.05) is 50.3 Å². The number of benzene rings is 1. The summed E-state index contributed by atoms with van der Waals surface area (Å²) in [6.07, 6.45) is 3.35. The highest BCUT2D eigenvalue weighted by atomic mass is 16.5. The number of aromatic nitrogens is 2. The second-order valence-corrected chi connectivity index (χ2v) is 8.42. The summed E-state index contributed by atoms with van der Waals surface area (Å²) in [5.74, 6) is -0.715. The van der Waals surface area contributed by atoms with Crippen molar-refractivity contribution in [3.05, 3.63) is 36.2 Å². The van der Waals surface area contributed by atoms with Gasteiger partial charge in [-0.05, 0) is 30.5 Å². The number of hydrogen-bond acceptors (Lipinski definition) is 8. The third-order valence-corrected chi connectivity index (χ3v) is 5.71. The fourth-order valence-corrected chi connectivity index (χ4v) is 4.06. The van der Waals surface area contributed by atoms with E-state index in [2.05, 4.69) is 40.1 Å². The molecule has 2 N–H and O–H groups in total. The van der Waals surface area contributed by atoms with Crippen molar-refractivity contribution < 1.29 is 24.1 Å². The lowest BCUT2D eigenvalue weighted by atomic mass is 9.94. The van der Waals surface area contributed by atoms with Crippen LogP contribution >= 0.6 is 0 Å². The molecule has 33 heavy (non-hydrogen) atoms. The standard InChI is InChI=1S/C24H34N4O5/c1-5-33-24-25-12-19(13-26-24)27-20-10-17(18(14-31-4)11-23(29)30)6-7-21(20)28-8-9-32-15-22(28)16(2)3/h6-7,10,12-13,16,18,22,27H,5,8-9,11,14-15H2,1-4H3,(H,29,30)/t18?,22-/m0/s1. The molecule has 1 aliphatic heterocycles. The summed E-state index contributed by atoms with van der Waals surface area (Å²) in [7, 11) is 1.58. The van der Waals surface area contributed by atoms with Crippen LogP contribution in [0.3, 0.4) is 0 Å². The number of methoxy groups -OCH3 is 1. The van der Waals surface area contributed by atoms with Crippen molar-refractivity contribution in [3.63, 3.8) is 0 Å². The van der Waals surface area contributed by atoms with Gasteiger partial charge < -0.3 is 29.5 Å². The molecule has 0 amide bonds. The van der Waals surface area contributed by atoms with Crippen LogP contribution in [0.15, 0.2) is 30.6 Å². The van der Waals surface area contributed by atoms with Crippen LogP contribution in [0.5, 0.6) is 6.01 Å². The molecule has 1 saturated heterocycles. The van der Waals surface area contributed by atoms with E-state index in [1.165, 1.54) is 0 Å². The largest absolute Gasteiger partial charge is 0.481 e. The molecule has 3 rings (SSSR count). The van der Waals surface area contributed by atoms with Gasteiger partial charge in [-0.15, -0.1) is 0 Å². The Balaban J connectivity index is 1.99. The van der Waals surface area contributed by atoms with Crippen molar-refractivity contribution in [1.82, 2.24) is 9.97 Å². The normalized spacial score (nSPS) is 17.1. The molecule has 2 heterocycles. The van der Waals surface area contributed by atoms with E-state index < -0.39 is 5.97 Å². The molecule has 0 saturated carbocycles. The van der Waals surface area contributed by atoms with E-state index in [1.807, 2.05) is 19.1 Å². The van der Waals surface area contributed by atoms with Crippen molar-refractivity contribution in [1.29, 1.82) is 0 Å². The smallest absolute Gasteiger partial charge is 0.316 e. The molecule has 9 nitrogen and oxygen atoms in total. The minimum Gasteiger partial charge on any atom is -0.481 e. The number of hydrogen-bond donors (Lipinski definition) is 2. The molecule has 1 aliphatic rings. The Labute approximate surface area is 195 Å². The van der Waals surface area contributed by atoms with Crippen molar-refractivity contribution >= 4 is 23.0 Å². The summed E-state index contributed by atoms with van der Waals surface area (Å²) >= 11 is 0. The van der Waals surface area contributed by atoms with E-state index in [9.17, 15) is 9.90 Å². The number of carboxylic acids is 1. The molecule has 2 atom stereocenters. The number of morpholine rings is 1. The highest BCUT2D eigenvalue weighted by Crippen LogP contribution is 2.36. The number of carbonyl (C=O) groups is 1. The van der Waals surface area contributed by atoms with Crippen LogP contribution < -0.4 is 15.0 Å². The average molecular weight is 459 g/mol. The zero-order chi connectivity index (χ0) is 23.8. The molecule has 180 valence electrons. The predicted octanol–water partition coefficient (Wildman–Crippen LogP) is 3.68. The van der Waals surface area contributed by atoms with Crippen molar-refractivity contribution in [2.45, 2.75) is 39.2 Å². The lowest BCUT2D eigenvalue weighted by Crippen LogP contribution is -2.48. The van der Waals surface area contributed by atoms with Gasteiger partial charge in [-0.3, -0.25) is 4.79 Å². The SMILES string of the molecule is CCOc1ncc(Nc2cc(C(COC)CC(=O)O)ccc2N2CCOC[C@H]2C(C)C)cn1. The molecule has 1 aromatic carbocycles. The summed E-state index contributed by atoms with van der Waals surface area (Å²) in [6.45, 7) is 9.17. The molecule has 0 spiro atoms. The fourth-order valence-electron chi connectivity index (χ4n) is 4.06. The monoisotopic (exact) mass is 458 g/mol. The van der Waals surface area contributed by atoms with Crippen LogP contribution in [0.1, 0.15) is 38.7 Å². The first kappa shape index (κ1) is 24.7. The first-order valence-corrected chi connectivity index (χ1v) is 11.3. The number of carboxylic acid groups (broad SMARTS) is 1. The Kier molecular flexibility index (Phi) is 8.85. The zero-order valence-electron chi connectivity index (χ0n) is 19.8. The Morgan fingerprint density at radius 1 is 1.33 bits per heavy atom. The van der Waals surface area contributed by atoms with Gasteiger partial charge in [0.2, 0.25) is 0 Å². The van der Waals surface area contributed by atoms with E-state index in [1.54, 1.807) is 19.5 Å². The van der Waals surface area contributed by atoms with E-state index >= 15 is 0 Å². The number of nitrogens with one attached hydrogen (secondary N) is 1. The number of ether oxygens (including phenoxy) is 3. The molecule has 1 unspecified atom stereocenters. The second kappa shape index (κ2) is 11.8. The molecular weight excluding hydrogens is 424 g/mol. The Bertz CT molecular complexity index is 906. The van der Waals surface area contributed by atoms with Gasteiger partial charge in [-0.1, -0.05) is 19.9 Å². The summed E-state index contributed by atoms with van der Waals surface area (Å²) in [6, 6.07) is 6.61. The molecule has 1 fully saturated rings. The zero-order valence-corrected chi connectivity index (χ0v) is 19.8. The number of anilines is 3. The summed E-state index contributed by atoms with van der Waals surface area (Å²) < 4.78 is 16.4. The highest BCUT2D eigenvalue weighted by Gasteiger charge is 2.28. The fraction of sp³-hybridized carbons (Fsp3) is 0.542. The van der Waals surface area contributed by atoms with Gasteiger partial charge in [0.05, 0.1) is 68.3 Å². The van der Waals surface area contributed by atoms with Crippen LogP contribution in [0.4, 0.5) is 17.1 Å². The number of nitrogens with zero attached hydrogens (tertiary/aromatic N) is 3. The maximum atomic E-state index is 11.4. The quantitative estimate of drug-likeness (QED) is 0.521. The predicted molar refractivity (Wildman–Crippen MR) is 127 cm³/mol. The molecule has 0 aliphatic carbocycles. The molecule has 1 aromatic heterocycles. The van der Waals surface area contributed by atoms with Crippen LogP contribution in [0.2, 0.25) is 0 Å². The third kappa shape index (κ3) is 6.55. The Morgan fingerprint density at radius 3 is 2.73 bits per heavy atom. The Morgan fingerprint density at radius 2 is 2.09 bits per heavy atom. The first-order chi connectivity index (χ1) is 15.9. The topological polar surface area (TPSA) is 106 Å². The average Bonchev–Trinajstić information content (AvgIpc) is 2.80. The minimum atomic E-state index is -0.858. The summed E-state index contributed by atoms with van der Waals surface area (Å²) in [5, 5.41) is 12.8. The van der Waals surface area contributed by atoms with E-state index in [0.29, 0.717) is 44.0 Å². The molecule has 9 heteroatoms. The Hall–Kier alpha value is -2.91. The van der Waals surface area contributed by atoms with Gasteiger partial charge in [0.25, 0.3) is 0 Å². The number of rotatable bonds is 11. The van der Waals surface area contributed by atoms with E-state index in [0.717, 1.165) is 23.5 Å². The maximum Gasteiger partial charge on any atom is 0.316 e. The lowest BCUT2D eigenvalue weighted by molar-refractivity contribution is -0.137. The summed E-state index contributed by atoms with van der Waals surface area (Å²) in [5.41, 5.74) is 3.50. The lowest BCUT2D eigenvalue weighted by Gasteiger charge is -2.40. The minimum absolute atomic E-state index is 0.00896. The maximum absolute atomic E-state index is 11.4. The molecule has 2 aromatic rings. The van der Waals surface area contributed by atoms with Gasteiger partial charge in [0.1, 0.15) is 0 Å². The van der Waals surface area contributed by atoms with E-state index in [-0.39, 0.29) is 18.4 Å². The van der Waals surface area contributed by atoms with Crippen LogP contribution in [-0.4, -0.2) is 67.2 Å². The van der Waals surface area contributed by atoms with Crippen molar-refractivity contribution in [3.8, 4) is 6.01 Å². The highest BCUT2D eigenvalue weighted by molar-refractivity contribution is 5.77. The van der Waals surface area contributed by atoms with Gasteiger partial charge >= 0.3 is 12.0 Å². The summed E-state index contributed by atoms with van der Waals surface area (Å²) in [4.78, 5) is 22.3. The van der Waals surface area contributed by atoms with Gasteiger partial charge in [0.15, 0.2) is 0 Å². The van der Waals surface area contributed by atoms with Gasteiger partial charge in [-0.25, -0.2) is 9.97 Å². The second-order valence-electron chi connectivity index (χ2n) is 8.42. The molecule has 0 bridgehead atoms. The van der Waals surface area contributed by atoms with Crippen molar-refractivity contribution in [2.24, 2.45) is 5.92 Å². The van der Waals surface area contributed by atoms with E-state index in [4.69, 9.17) is 14.2 Å². The van der Waals surface area contributed by atoms with Crippen LogP contribution in [-0.2, 0) is 14.3 Å². The van der Waals surface area contributed by atoms with Gasteiger partial charge in [0, 0.05) is 19.6 Å². The molecule has 0 radical (unpaired) electrons. The molecular formula is C24H34N4O5. The number of aliphatic carboxylic acids is 1.